The number of aryl methyl sites for hydroxylation is 1. The second kappa shape index (κ2) is 4.01. The number of hydrogen-bond acceptors (Lipinski definition) is 5. The fourth-order valence-corrected chi connectivity index (χ4v) is 1.22. The first-order valence-electron chi connectivity index (χ1n) is 4.61. The number of carbonyl (C=O) groups excluding carboxylic acids is 1. The number of amides is 1. The van der Waals surface area contributed by atoms with Crippen LogP contribution in [0.4, 0.5) is 11.5 Å². The van der Waals surface area contributed by atoms with Crippen LogP contribution in [0.2, 0.25) is 0 Å². The van der Waals surface area contributed by atoms with Crippen LogP contribution in [0.5, 0.6) is 0 Å². The van der Waals surface area contributed by atoms with Crippen LogP contribution in [0, 0.1) is 6.92 Å². The van der Waals surface area contributed by atoms with Crippen molar-refractivity contribution in [3.63, 3.8) is 0 Å². The third kappa shape index (κ3) is 2.00. The lowest BCUT2D eigenvalue weighted by Gasteiger charge is -2.03. The van der Waals surface area contributed by atoms with Crippen molar-refractivity contribution in [3.8, 4) is 0 Å². The van der Waals surface area contributed by atoms with Crippen LogP contribution in [0.3, 0.4) is 0 Å². The second-order valence-corrected chi connectivity index (χ2v) is 3.24. The summed E-state index contributed by atoms with van der Waals surface area (Å²) in [6.45, 7) is 1.74. The molecule has 0 saturated heterocycles. The van der Waals surface area contributed by atoms with Crippen LogP contribution in [-0.4, -0.2) is 16.0 Å². The number of rotatable bonds is 2. The Labute approximate surface area is 91.5 Å². The molecule has 0 aromatic carbocycles. The van der Waals surface area contributed by atoms with Crippen LogP contribution in [-0.2, 0) is 0 Å². The molecule has 0 saturated carbocycles. The maximum atomic E-state index is 11.7. The minimum Gasteiger partial charge on any atom is -0.397 e. The minimum atomic E-state index is -0.340. The smallest absolute Gasteiger partial charge is 0.259 e. The van der Waals surface area contributed by atoms with Crippen LogP contribution < -0.4 is 11.1 Å². The van der Waals surface area contributed by atoms with Gasteiger partial charge in [-0.05, 0) is 13.0 Å². The summed E-state index contributed by atoms with van der Waals surface area (Å²) in [5, 5.41) is 6.22. The number of aromatic nitrogens is 2. The van der Waals surface area contributed by atoms with E-state index in [1.54, 1.807) is 13.0 Å². The molecular formula is C10H10N4O2. The van der Waals surface area contributed by atoms with Crippen LogP contribution in [0.1, 0.15) is 16.1 Å². The molecule has 2 heterocycles. The van der Waals surface area contributed by atoms with Crippen molar-refractivity contribution in [2.24, 2.45) is 0 Å². The zero-order valence-electron chi connectivity index (χ0n) is 8.60. The number of carbonyl (C=O) groups is 1. The van der Waals surface area contributed by atoms with Gasteiger partial charge in [-0.3, -0.25) is 9.78 Å². The van der Waals surface area contributed by atoms with Crippen LogP contribution in [0.15, 0.2) is 29.0 Å². The molecule has 0 aliphatic heterocycles. The molecule has 0 radical (unpaired) electrons. The summed E-state index contributed by atoms with van der Waals surface area (Å²) in [4.78, 5) is 15.5. The largest absolute Gasteiger partial charge is 0.397 e. The third-order valence-electron chi connectivity index (χ3n) is 1.97. The van der Waals surface area contributed by atoms with Gasteiger partial charge >= 0.3 is 0 Å². The number of anilines is 2. The Morgan fingerprint density at radius 1 is 1.56 bits per heavy atom. The summed E-state index contributed by atoms with van der Waals surface area (Å²) < 4.78 is 4.82. The quantitative estimate of drug-likeness (QED) is 0.790. The molecule has 82 valence electrons. The summed E-state index contributed by atoms with van der Waals surface area (Å²) >= 11 is 0. The molecular weight excluding hydrogens is 208 g/mol. The Kier molecular flexibility index (Phi) is 2.55. The lowest BCUT2D eigenvalue weighted by molar-refractivity contribution is 0.102. The highest BCUT2D eigenvalue weighted by molar-refractivity contribution is 6.07. The lowest BCUT2D eigenvalue weighted by atomic mass is 10.2. The van der Waals surface area contributed by atoms with Gasteiger partial charge in [0.1, 0.15) is 5.76 Å². The molecule has 0 unspecified atom stereocenters. The van der Waals surface area contributed by atoms with E-state index in [0.717, 1.165) is 0 Å². The third-order valence-corrected chi connectivity index (χ3v) is 1.97. The van der Waals surface area contributed by atoms with Crippen LogP contribution >= 0.6 is 0 Å². The first kappa shape index (κ1) is 10.2. The zero-order valence-corrected chi connectivity index (χ0v) is 8.60. The molecule has 0 spiro atoms. The van der Waals surface area contributed by atoms with Gasteiger partial charge in [-0.2, -0.15) is 0 Å². The number of nitrogens with one attached hydrogen (secondary N) is 1. The van der Waals surface area contributed by atoms with Gasteiger partial charge in [0.2, 0.25) is 0 Å². The summed E-state index contributed by atoms with van der Waals surface area (Å²) in [6.07, 6.45) is 2.92. The van der Waals surface area contributed by atoms with Crippen molar-refractivity contribution in [2.45, 2.75) is 6.92 Å². The summed E-state index contributed by atoms with van der Waals surface area (Å²) in [6, 6.07) is 3.16. The Morgan fingerprint density at radius 3 is 3.00 bits per heavy atom. The first-order chi connectivity index (χ1) is 7.66. The molecule has 0 aliphatic carbocycles. The molecule has 0 atom stereocenters. The van der Waals surface area contributed by atoms with Crippen molar-refractivity contribution < 1.29 is 9.32 Å². The van der Waals surface area contributed by atoms with Crippen molar-refractivity contribution in [1.29, 1.82) is 0 Å². The molecule has 0 fully saturated rings. The number of pyridine rings is 1. The van der Waals surface area contributed by atoms with Gasteiger partial charge in [-0.25, -0.2) is 0 Å². The van der Waals surface area contributed by atoms with E-state index in [9.17, 15) is 4.79 Å². The lowest BCUT2D eigenvalue weighted by Crippen LogP contribution is -2.14. The Morgan fingerprint density at radius 2 is 2.38 bits per heavy atom. The van der Waals surface area contributed by atoms with Gasteiger partial charge in [-0.1, -0.05) is 5.16 Å². The molecule has 1 amide bonds. The minimum absolute atomic E-state index is 0.320. The number of nitrogen functional groups attached to an aromatic ring is 1. The molecule has 6 nitrogen and oxygen atoms in total. The molecule has 0 aliphatic rings. The van der Waals surface area contributed by atoms with Crippen molar-refractivity contribution in [3.05, 3.63) is 35.9 Å². The van der Waals surface area contributed by atoms with E-state index in [4.69, 9.17) is 10.3 Å². The van der Waals surface area contributed by atoms with Crippen molar-refractivity contribution in [1.82, 2.24) is 10.1 Å². The standard InChI is InChI=1S/C10H10N4O2/c1-6-4-9(14-16-6)13-10(15)7-2-3-12-5-8(7)11/h2-5H,11H2,1H3,(H,13,14,15). The average Bonchev–Trinajstić information content (AvgIpc) is 2.64. The highest BCUT2D eigenvalue weighted by Gasteiger charge is 2.11. The van der Waals surface area contributed by atoms with Crippen molar-refractivity contribution in [2.75, 3.05) is 11.1 Å². The molecule has 3 N–H and O–H groups in total. The van der Waals surface area contributed by atoms with Gasteiger partial charge in [0.05, 0.1) is 17.4 Å². The topological polar surface area (TPSA) is 94.0 Å². The molecule has 6 heteroatoms. The number of hydrogen-bond donors (Lipinski definition) is 2. The Bertz CT molecular complexity index is 521. The predicted molar refractivity (Wildman–Crippen MR) is 57.8 cm³/mol. The SMILES string of the molecule is Cc1cc(NC(=O)c2ccncc2N)no1. The summed E-state index contributed by atoms with van der Waals surface area (Å²) in [5.74, 6) is 0.643. The Balaban J connectivity index is 2.18. The van der Waals surface area contributed by atoms with Gasteiger partial charge in [0.15, 0.2) is 5.82 Å². The first-order valence-corrected chi connectivity index (χ1v) is 4.61. The molecule has 16 heavy (non-hydrogen) atoms. The van der Waals surface area contributed by atoms with E-state index < -0.39 is 0 Å². The van der Waals surface area contributed by atoms with Crippen molar-refractivity contribution >= 4 is 17.4 Å². The van der Waals surface area contributed by atoms with E-state index in [0.29, 0.717) is 22.8 Å². The summed E-state index contributed by atoms with van der Waals surface area (Å²) in [5.41, 5.74) is 6.29. The van der Waals surface area contributed by atoms with E-state index >= 15 is 0 Å². The molecule has 2 rings (SSSR count). The van der Waals surface area contributed by atoms with E-state index in [-0.39, 0.29) is 5.91 Å². The van der Waals surface area contributed by atoms with E-state index in [2.05, 4.69) is 15.5 Å². The highest BCUT2D eigenvalue weighted by Crippen LogP contribution is 2.12. The number of nitrogens with two attached hydrogens (primary N) is 1. The summed E-state index contributed by atoms with van der Waals surface area (Å²) in [7, 11) is 0. The van der Waals surface area contributed by atoms with Gasteiger partial charge in [0.25, 0.3) is 5.91 Å². The van der Waals surface area contributed by atoms with Crippen LogP contribution in [0.25, 0.3) is 0 Å². The zero-order chi connectivity index (χ0) is 11.5. The van der Waals surface area contributed by atoms with Gasteiger partial charge in [0, 0.05) is 12.3 Å². The molecule has 2 aromatic heterocycles. The highest BCUT2D eigenvalue weighted by atomic mass is 16.5. The number of nitrogens with zero attached hydrogens (tertiary/aromatic N) is 2. The normalized spacial score (nSPS) is 10.1. The fraction of sp³-hybridized carbons (Fsp3) is 0.100. The monoisotopic (exact) mass is 218 g/mol. The van der Waals surface area contributed by atoms with Gasteiger partial charge < -0.3 is 15.6 Å². The van der Waals surface area contributed by atoms with Gasteiger partial charge in [-0.15, -0.1) is 0 Å². The molecule has 0 bridgehead atoms. The maximum Gasteiger partial charge on any atom is 0.259 e. The maximum absolute atomic E-state index is 11.7. The van der Waals surface area contributed by atoms with E-state index in [1.807, 2.05) is 0 Å². The predicted octanol–water partition coefficient (Wildman–Crippen LogP) is 1.21. The fourth-order valence-electron chi connectivity index (χ4n) is 1.22. The second-order valence-electron chi connectivity index (χ2n) is 3.24. The Hall–Kier alpha value is -2.37. The average molecular weight is 218 g/mol. The molecule has 2 aromatic rings. The van der Waals surface area contributed by atoms with E-state index in [1.165, 1.54) is 18.5 Å².